The second-order valence-corrected chi connectivity index (χ2v) is 4.98. The maximum atomic E-state index is 9.42. The van der Waals surface area contributed by atoms with Gasteiger partial charge in [0.15, 0.2) is 23.0 Å². The lowest BCUT2D eigenvalue weighted by molar-refractivity contribution is 0.318. The van der Waals surface area contributed by atoms with Gasteiger partial charge in [-0.1, -0.05) is 11.2 Å². The van der Waals surface area contributed by atoms with Crippen LogP contribution >= 0.6 is 0 Å². The van der Waals surface area contributed by atoms with E-state index in [9.17, 15) is 5.21 Å². The Kier molecular flexibility index (Phi) is 5.89. The van der Waals surface area contributed by atoms with Crippen molar-refractivity contribution < 1.29 is 24.2 Å². The number of rotatable bonds is 7. The number of methoxy groups -OCH3 is 4. The minimum atomic E-state index is 0.423. The van der Waals surface area contributed by atoms with E-state index in [2.05, 4.69) is 5.16 Å². The Labute approximate surface area is 141 Å². The largest absolute Gasteiger partial charge is 0.493 e. The fraction of sp³-hybridized carbons (Fsp3) is 0.278. The van der Waals surface area contributed by atoms with E-state index in [0.29, 0.717) is 35.1 Å². The molecule has 2 aromatic carbocycles. The molecule has 2 aromatic rings. The third-order valence-corrected chi connectivity index (χ3v) is 3.66. The standard InChI is InChI=1S/C18H21NO5/c1-21-15-7-5-12(10-17(15)23-3)9-14(19-20)13-6-8-16(22-2)18(11-13)24-4/h5-8,10-11,20H,9H2,1-4H3/b19-14-. The Balaban J connectivity index is 2.30. The van der Waals surface area contributed by atoms with Gasteiger partial charge < -0.3 is 24.2 Å². The summed E-state index contributed by atoms with van der Waals surface area (Å²) in [6, 6.07) is 10.9. The summed E-state index contributed by atoms with van der Waals surface area (Å²) in [7, 11) is 6.30. The molecule has 0 bridgehead atoms. The van der Waals surface area contributed by atoms with Crippen molar-refractivity contribution in [1.29, 1.82) is 0 Å². The Morgan fingerprint density at radius 2 is 1.33 bits per heavy atom. The smallest absolute Gasteiger partial charge is 0.161 e. The van der Waals surface area contributed by atoms with Gasteiger partial charge in [0.1, 0.15) is 0 Å². The summed E-state index contributed by atoms with van der Waals surface area (Å²) in [5.41, 5.74) is 2.17. The van der Waals surface area contributed by atoms with E-state index < -0.39 is 0 Å². The van der Waals surface area contributed by atoms with Gasteiger partial charge >= 0.3 is 0 Å². The van der Waals surface area contributed by atoms with E-state index in [-0.39, 0.29) is 0 Å². The van der Waals surface area contributed by atoms with E-state index in [4.69, 9.17) is 18.9 Å². The highest BCUT2D eigenvalue weighted by atomic mass is 16.5. The van der Waals surface area contributed by atoms with Crippen LogP contribution in [0.15, 0.2) is 41.6 Å². The van der Waals surface area contributed by atoms with Crippen LogP contribution in [0.4, 0.5) is 0 Å². The number of hydrogen-bond acceptors (Lipinski definition) is 6. The maximum Gasteiger partial charge on any atom is 0.161 e. The number of hydrogen-bond donors (Lipinski definition) is 1. The molecule has 6 heteroatoms. The molecular weight excluding hydrogens is 310 g/mol. The molecule has 0 unspecified atom stereocenters. The second-order valence-electron chi connectivity index (χ2n) is 4.98. The van der Waals surface area contributed by atoms with Crippen LogP contribution in [0, 0.1) is 0 Å². The van der Waals surface area contributed by atoms with Gasteiger partial charge in [-0.3, -0.25) is 0 Å². The monoisotopic (exact) mass is 331 g/mol. The Hall–Kier alpha value is -2.89. The quantitative estimate of drug-likeness (QED) is 0.479. The third kappa shape index (κ3) is 3.71. The van der Waals surface area contributed by atoms with Crippen LogP contribution < -0.4 is 18.9 Å². The highest BCUT2D eigenvalue weighted by molar-refractivity contribution is 6.02. The van der Waals surface area contributed by atoms with Gasteiger partial charge in [-0.25, -0.2) is 0 Å². The second kappa shape index (κ2) is 8.10. The van der Waals surface area contributed by atoms with Crippen LogP contribution in [-0.2, 0) is 6.42 Å². The Morgan fingerprint density at radius 1 is 0.792 bits per heavy atom. The molecule has 0 aromatic heterocycles. The van der Waals surface area contributed by atoms with E-state index in [0.717, 1.165) is 11.1 Å². The van der Waals surface area contributed by atoms with Gasteiger partial charge in [0.25, 0.3) is 0 Å². The SMILES string of the molecule is COc1ccc(C/C(=N/O)c2ccc(OC)c(OC)c2)cc1OC. The highest BCUT2D eigenvalue weighted by Crippen LogP contribution is 2.30. The molecule has 0 amide bonds. The fourth-order valence-corrected chi connectivity index (χ4v) is 2.39. The first-order chi connectivity index (χ1) is 11.7. The van der Waals surface area contributed by atoms with E-state index in [1.807, 2.05) is 24.3 Å². The van der Waals surface area contributed by atoms with Gasteiger partial charge in [-0.15, -0.1) is 0 Å². The summed E-state index contributed by atoms with van der Waals surface area (Å²) in [5, 5.41) is 12.8. The molecule has 0 aliphatic carbocycles. The minimum Gasteiger partial charge on any atom is -0.493 e. The van der Waals surface area contributed by atoms with Gasteiger partial charge in [0, 0.05) is 12.0 Å². The molecule has 0 saturated heterocycles. The van der Waals surface area contributed by atoms with Crippen LogP contribution in [0.1, 0.15) is 11.1 Å². The first-order valence-electron chi connectivity index (χ1n) is 7.31. The first kappa shape index (κ1) is 17.5. The molecular formula is C18H21NO5. The molecule has 24 heavy (non-hydrogen) atoms. The van der Waals surface area contributed by atoms with E-state index in [1.54, 1.807) is 40.6 Å². The van der Waals surface area contributed by atoms with Crippen molar-refractivity contribution >= 4 is 5.71 Å². The minimum absolute atomic E-state index is 0.423. The zero-order chi connectivity index (χ0) is 17.5. The van der Waals surface area contributed by atoms with E-state index >= 15 is 0 Å². The summed E-state index contributed by atoms with van der Waals surface area (Å²) >= 11 is 0. The molecule has 0 fully saturated rings. The number of benzene rings is 2. The van der Waals surface area contributed by atoms with Crippen LogP contribution in [0.3, 0.4) is 0 Å². The molecule has 0 heterocycles. The van der Waals surface area contributed by atoms with Crippen molar-refractivity contribution in [3.8, 4) is 23.0 Å². The Morgan fingerprint density at radius 3 is 1.88 bits per heavy atom. The van der Waals surface area contributed by atoms with E-state index in [1.165, 1.54) is 0 Å². The van der Waals surface area contributed by atoms with Crippen molar-refractivity contribution in [2.45, 2.75) is 6.42 Å². The molecule has 0 spiro atoms. The molecule has 0 radical (unpaired) electrons. The third-order valence-electron chi connectivity index (χ3n) is 3.66. The predicted octanol–water partition coefficient (Wildman–Crippen LogP) is 3.14. The lowest BCUT2D eigenvalue weighted by Crippen LogP contribution is -2.06. The van der Waals surface area contributed by atoms with Gasteiger partial charge in [-0.05, 0) is 35.9 Å². The zero-order valence-corrected chi connectivity index (χ0v) is 14.2. The zero-order valence-electron chi connectivity index (χ0n) is 14.2. The Bertz CT molecular complexity index is 727. The summed E-state index contributed by atoms with van der Waals surface area (Å²) in [5.74, 6) is 2.46. The van der Waals surface area contributed by atoms with Crippen molar-refractivity contribution in [3.05, 3.63) is 47.5 Å². The number of nitrogens with zero attached hydrogens (tertiary/aromatic N) is 1. The average molecular weight is 331 g/mol. The van der Waals surface area contributed by atoms with Gasteiger partial charge in [0.2, 0.25) is 0 Å². The summed E-state index contributed by atoms with van der Waals surface area (Å²) in [4.78, 5) is 0. The first-order valence-corrected chi connectivity index (χ1v) is 7.31. The normalized spacial score (nSPS) is 11.1. The molecule has 1 N–H and O–H groups in total. The molecule has 0 aliphatic heterocycles. The van der Waals surface area contributed by atoms with Gasteiger partial charge in [-0.2, -0.15) is 0 Å². The summed E-state index contributed by atoms with van der Waals surface area (Å²) < 4.78 is 21.0. The van der Waals surface area contributed by atoms with Crippen LogP contribution in [0.5, 0.6) is 23.0 Å². The maximum absolute atomic E-state index is 9.42. The van der Waals surface area contributed by atoms with Crippen molar-refractivity contribution in [2.75, 3.05) is 28.4 Å². The lowest BCUT2D eigenvalue weighted by Gasteiger charge is -2.12. The molecule has 0 saturated carbocycles. The summed E-state index contributed by atoms with van der Waals surface area (Å²) in [6.07, 6.45) is 0.423. The molecule has 6 nitrogen and oxygen atoms in total. The number of ether oxygens (including phenoxy) is 4. The number of oxime groups is 1. The molecule has 128 valence electrons. The topological polar surface area (TPSA) is 69.5 Å². The predicted molar refractivity (Wildman–Crippen MR) is 91.1 cm³/mol. The fourth-order valence-electron chi connectivity index (χ4n) is 2.39. The van der Waals surface area contributed by atoms with Crippen LogP contribution in [0.25, 0.3) is 0 Å². The van der Waals surface area contributed by atoms with Crippen LogP contribution in [-0.4, -0.2) is 39.4 Å². The van der Waals surface area contributed by atoms with Crippen LogP contribution in [0.2, 0.25) is 0 Å². The average Bonchev–Trinajstić information content (AvgIpc) is 2.65. The lowest BCUT2D eigenvalue weighted by atomic mass is 10.0. The van der Waals surface area contributed by atoms with Crippen molar-refractivity contribution in [3.63, 3.8) is 0 Å². The van der Waals surface area contributed by atoms with Crippen molar-refractivity contribution in [2.24, 2.45) is 5.16 Å². The highest BCUT2D eigenvalue weighted by Gasteiger charge is 2.12. The van der Waals surface area contributed by atoms with Gasteiger partial charge in [0.05, 0.1) is 34.2 Å². The molecule has 2 rings (SSSR count). The van der Waals surface area contributed by atoms with Crippen molar-refractivity contribution in [1.82, 2.24) is 0 Å². The summed E-state index contributed by atoms with van der Waals surface area (Å²) in [6.45, 7) is 0. The molecule has 0 aliphatic rings. The molecule has 0 atom stereocenters.